The Morgan fingerprint density at radius 2 is 2.14 bits per heavy atom. The van der Waals surface area contributed by atoms with Gasteiger partial charge in [-0.2, -0.15) is 17.0 Å². The maximum atomic E-state index is 11.7. The van der Waals surface area contributed by atoms with Crippen molar-refractivity contribution in [1.82, 2.24) is 8.61 Å². The van der Waals surface area contributed by atoms with Crippen LogP contribution in [0.25, 0.3) is 0 Å². The zero-order valence-corrected chi connectivity index (χ0v) is 9.33. The van der Waals surface area contributed by atoms with E-state index in [9.17, 15) is 8.42 Å². The third-order valence-corrected chi connectivity index (χ3v) is 4.23. The van der Waals surface area contributed by atoms with Crippen LogP contribution < -0.4 is 5.90 Å². The first kappa shape index (κ1) is 11.9. The molecule has 1 fully saturated rings. The molecule has 0 radical (unpaired) electrons. The van der Waals surface area contributed by atoms with Crippen molar-refractivity contribution >= 4 is 10.2 Å². The topological polar surface area (TPSA) is 75.9 Å². The van der Waals surface area contributed by atoms with Crippen LogP contribution in [-0.4, -0.2) is 50.3 Å². The van der Waals surface area contributed by atoms with E-state index in [2.05, 4.69) is 4.84 Å². The van der Waals surface area contributed by atoms with Crippen molar-refractivity contribution in [1.29, 1.82) is 0 Å². The first-order valence-electron chi connectivity index (χ1n) is 4.51. The Morgan fingerprint density at radius 3 is 2.64 bits per heavy atom. The van der Waals surface area contributed by atoms with E-state index in [-0.39, 0.29) is 6.10 Å². The standard InChI is InChI=1S/C7H17N3O3S/c1-9(2)14(11,12)10-5-3-4-7(6-10)13-8/h7H,3-6,8H2,1-2H3. The van der Waals surface area contributed by atoms with Gasteiger partial charge in [0.15, 0.2) is 0 Å². The van der Waals surface area contributed by atoms with Gasteiger partial charge in [-0.25, -0.2) is 5.90 Å². The fourth-order valence-corrected chi connectivity index (χ4v) is 2.63. The maximum Gasteiger partial charge on any atom is 0.281 e. The van der Waals surface area contributed by atoms with Crippen molar-refractivity contribution in [3.05, 3.63) is 0 Å². The molecule has 0 aromatic heterocycles. The van der Waals surface area contributed by atoms with Gasteiger partial charge in [-0.1, -0.05) is 0 Å². The van der Waals surface area contributed by atoms with Crippen molar-refractivity contribution in [2.75, 3.05) is 27.2 Å². The molecule has 14 heavy (non-hydrogen) atoms. The molecule has 0 bridgehead atoms. The minimum atomic E-state index is -3.31. The summed E-state index contributed by atoms with van der Waals surface area (Å²) < 4.78 is 26.0. The van der Waals surface area contributed by atoms with Crippen LogP contribution in [0.1, 0.15) is 12.8 Å². The lowest BCUT2D eigenvalue weighted by molar-refractivity contribution is 0.0173. The van der Waals surface area contributed by atoms with Crippen molar-refractivity contribution < 1.29 is 13.3 Å². The van der Waals surface area contributed by atoms with Crippen LogP contribution in [-0.2, 0) is 15.0 Å². The normalized spacial score (nSPS) is 25.6. The number of nitrogens with two attached hydrogens (primary N) is 1. The van der Waals surface area contributed by atoms with Gasteiger partial charge < -0.3 is 0 Å². The third kappa shape index (κ3) is 2.43. The highest BCUT2D eigenvalue weighted by molar-refractivity contribution is 7.86. The van der Waals surface area contributed by atoms with Gasteiger partial charge in [0, 0.05) is 27.2 Å². The highest BCUT2D eigenvalue weighted by Gasteiger charge is 2.30. The van der Waals surface area contributed by atoms with Gasteiger partial charge in [-0.3, -0.25) is 4.84 Å². The number of hydrogen-bond donors (Lipinski definition) is 1. The van der Waals surface area contributed by atoms with Crippen molar-refractivity contribution in [2.24, 2.45) is 5.90 Å². The van der Waals surface area contributed by atoms with Crippen LogP contribution in [0.15, 0.2) is 0 Å². The Kier molecular flexibility index (Phi) is 3.85. The summed E-state index contributed by atoms with van der Waals surface area (Å²) in [6, 6.07) is 0. The van der Waals surface area contributed by atoms with Crippen LogP contribution in [0.2, 0.25) is 0 Å². The van der Waals surface area contributed by atoms with Crippen molar-refractivity contribution in [3.8, 4) is 0 Å². The van der Waals surface area contributed by atoms with Crippen LogP contribution >= 0.6 is 0 Å². The Labute approximate surface area is 84.7 Å². The first-order chi connectivity index (χ1) is 6.48. The summed E-state index contributed by atoms with van der Waals surface area (Å²) in [5, 5.41) is 0. The molecular weight excluding hydrogens is 206 g/mol. The largest absolute Gasteiger partial charge is 0.300 e. The molecule has 6 nitrogen and oxygen atoms in total. The van der Waals surface area contributed by atoms with E-state index in [1.54, 1.807) is 0 Å². The summed E-state index contributed by atoms with van der Waals surface area (Å²) in [4.78, 5) is 4.67. The van der Waals surface area contributed by atoms with Gasteiger partial charge in [-0.15, -0.1) is 0 Å². The van der Waals surface area contributed by atoms with Crippen molar-refractivity contribution in [3.63, 3.8) is 0 Å². The zero-order valence-electron chi connectivity index (χ0n) is 8.51. The Bertz CT molecular complexity index is 278. The van der Waals surface area contributed by atoms with Gasteiger partial charge in [0.2, 0.25) is 0 Å². The smallest absolute Gasteiger partial charge is 0.281 e. The number of piperidine rings is 1. The zero-order chi connectivity index (χ0) is 10.8. The van der Waals surface area contributed by atoms with E-state index in [4.69, 9.17) is 5.90 Å². The van der Waals surface area contributed by atoms with Crippen LogP contribution in [0.3, 0.4) is 0 Å². The molecular formula is C7H17N3O3S. The molecule has 0 saturated carbocycles. The lowest BCUT2D eigenvalue weighted by Gasteiger charge is -2.32. The lowest BCUT2D eigenvalue weighted by atomic mass is 10.1. The summed E-state index contributed by atoms with van der Waals surface area (Å²) in [6.45, 7) is 0.886. The molecule has 7 heteroatoms. The fourth-order valence-electron chi connectivity index (χ4n) is 1.46. The second-order valence-electron chi connectivity index (χ2n) is 3.55. The summed E-state index contributed by atoms with van der Waals surface area (Å²) in [7, 11) is -0.280. The summed E-state index contributed by atoms with van der Waals surface area (Å²) in [6.07, 6.45) is 1.42. The third-order valence-electron chi connectivity index (χ3n) is 2.32. The Balaban J connectivity index is 2.69. The summed E-state index contributed by atoms with van der Waals surface area (Å²) >= 11 is 0. The summed E-state index contributed by atoms with van der Waals surface area (Å²) in [5.74, 6) is 5.05. The average molecular weight is 223 g/mol. The molecule has 1 aliphatic rings. The average Bonchev–Trinajstić information content (AvgIpc) is 2.17. The molecule has 1 unspecified atom stereocenters. The van der Waals surface area contributed by atoms with E-state index in [1.807, 2.05) is 0 Å². The van der Waals surface area contributed by atoms with E-state index < -0.39 is 10.2 Å². The predicted octanol–water partition coefficient (Wildman–Crippen LogP) is -0.852. The molecule has 0 aromatic carbocycles. The van der Waals surface area contributed by atoms with Crippen molar-refractivity contribution in [2.45, 2.75) is 18.9 Å². The van der Waals surface area contributed by atoms with Gasteiger partial charge in [-0.05, 0) is 12.8 Å². The molecule has 1 atom stereocenters. The molecule has 84 valence electrons. The second kappa shape index (κ2) is 4.54. The predicted molar refractivity (Wildman–Crippen MR) is 52.5 cm³/mol. The highest BCUT2D eigenvalue weighted by Crippen LogP contribution is 2.16. The monoisotopic (exact) mass is 223 g/mol. The molecule has 0 aliphatic carbocycles. The quantitative estimate of drug-likeness (QED) is 0.632. The van der Waals surface area contributed by atoms with Crippen LogP contribution in [0, 0.1) is 0 Å². The first-order valence-corrected chi connectivity index (χ1v) is 5.91. The molecule has 0 aromatic rings. The SMILES string of the molecule is CN(C)S(=O)(=O)N1CCCC(ON)C1. The number of hydrogen-bond acceptors (Lipinski definition) is 4. The van der Waals surface area contributed by atoms with E-state index >= 15 is 0 Å². The Hall–Kier alpha value is -0.210. The van der Waals surface area contributed by atoms with Gasteiger partial charge in [0.1, 0.15) is 0 Å². The highest BCUT2D eigenvalue weighted by atomic mass is 32.2. The second-order valence-corrected chi connectivity index (χ2v) is 5.69. The summed E-state index contributed by atoms with van der Waals surface area (Å²) in [5.41, 5.74) is 0. The van der Waals surface area contributed by atoms with E-state index in [0.717, 1.165) is 12.8 Å². The Morgan fingerprint density at radius 1 is 1.50 bits per heavy atom. The minimum absolute atomic E-state index is 0.182. The van der Waals surface area contributed by atoms with E-state index in [0.29, 0.717) is 13.1 Å². The molecule has 0 amide bonds. The molecule has 0 spiro atoms. The molecule has 1 saturated heterocycles. The lowest BCUT2D eigenvalue weighted by Crippen LogP contribution is -2.48. The molecule has 1 heterocycles. The van der Waals surface area contributed by atoms with Crippen LogP contribution in [0.5, 0.6) is 0 Å². The van der Waals surface area contributed by atoms with E-state index in [1.165, 1.54) is 22.7 Å². The molecule has 1 rings (SSSR count). The number of rotatable bonds is 3. The van der Waals surface area contributed by atoms with Gasteiger partial charge in [0.25, 0.3) is 10.2 Å². The van der Waals surface area contributed by atoms with Gasteiger partial charge >= 0.3 is 0 Å². The fraction of sp³-hybridized carbons (Fsp3) is 1.00. The van der Waals surface area contributed by atoms with Crippen LogP contribution in [0.4, 0.5) is 0 Å². The molecule has 1 aliphatic heterocycles. The van der Waals surface area contributed by atoms with Gasteiger partial charge in [0.05, 0.1) is 6.10 Å². The number of nitrogens with zero attached hydrogens (tertiary/aromatic N) is 2. The molecule has 2 N–H and O–H groups in total. The minimum Gasteiger partial charge on any atom is -0.300 e. The maximum absolute atomic E-state index is 11.7.